The normalized spacial score (nSPS) is 10.2. The number of aryl methyl sites for hydroxylation is 1. The van der Waals surface area contributed by atoms with Crippen LogP contribution in [0.5, 0.6) is 11.5 Å². The topological polar surface area (TPSA) is 69.4 Å². The molecule has 0 spiro atoms. The van der Waals surface area contributed by atoms with Crippen molar-refractivity contribution in [1.29, 1.82) is 0 Å². The highest BCUT2D eigenvalue weighted by Gasteiger charge is 2.16. The molecule has 21 heavy (non-hydrogen) atoms. The van der Waals surface area contributed by atoms with Gasteiger partial charge in [-0.05, 0) is 62.5 Å². The van der Waals surface area contributed by atoms with Gasteiger partial charge < -0.3 is 4.74 Å². The highest BCUT2D eigenvalue weighted by molar-refractivity contribution is 9.11. The quantitative estimate of drug-likeness (QED) is 0.399. The lowest BCUT2D eigenvalue weighted by Gasteiger charge is -2.12. The molecule has 2 aromatic carbocycles. The molecule has 2 aromatic rings. The number of non-ortho nitro benzene ring substituents is 1. The minimum absolute atomic E-state index is 0.0471. The molecule has 0 saturated carbocycles. The third-order valence-electron chi connectivity index (χ3n) is 2.74. The fourth-order valence-electron chi connectivity index (χ4n) is 1.72. The van der Waals surface area contributed by atoms with Gasteiger partial charge in [-0.15, -0.1) is 0 Å². The van der Waals surface area contributed by atoms with Gasteiger partial charge in [0, 0.05) is 17.7 Å². The van der Waals surface area contributed by atoms with Crippen molar-refractivity contribution < 1.29 is 14.5 Å². The van der Waals surface area contributed by atoms with Crippen molar-refractivity contribution in [2.75, 3.05) is 0 Å². The number of nitro benzene ring substituents is 1. The minimum atomic E-state index is -0.483. The zero-order valence-electron chi connectivity index (χ0n) is 10.8. The standard InChI is InChI=1S/C14H9Br2NO4/c1-8-4-9(7-18)2-3-13(8)21-14-11(15)5-10(17(19)20)6-12(14)16/h2-7H,1H3. The molecule has 7 heteroatoms. The Hall–Kier alpha value is -1.73. The van der Waals surface area contributed by atoms with E-state index in [0.29, 0.717) is 26.0 Å². The zero-order chi connectivity index (χ0) is 15.6. The van der Waals surface area contributed by atoms with Gasteiger partial charge in [-0.1, -0.05) is 0 Å². The summed E-state index contributed by atoms with van der Waals surface area (Å²) in [6.07, 6.45) is 0.758. The van der Waals surface area contributed by atoms with Crippen molar-refractivity contribution in [2.45, 2.75) is 6.92 Å². The Morgan fingerprint density at radius 3 is 2.29 bits per heavy atom. The van der Waals surface area contributed by atoms with Gasteiger partial charge >= 0.3 is 0 Å². The van der Waals surface area contributed by atoms with E-state index in [2.05, 4.69) is 31.9 Å². The number of rotatable bonds is 4. The molecule has 0 N–H and O–H groups in total. The molecule has 108 valence electrons. The molecule has 5 nitrogen and oxygen atoms in total. The minimum Gasteiger partial charge on any atom is -0.455 e. The maximum atomic E-state index is 10.8. The van der Waals surface area contributed by atoms with Crippen LogP contribution in [0.1, 0.15) is 15.9 Å². The summed E-state index contributed by atoms with van der Waals surface area (Å²) < 4.78 is 6.69. The van der Waals surface area contributed by atoms with Crippen LogP contribution < -0.4 is 4.74 Å². The number of aldehydes is 1. The highest BCUT2D eigenvalue weighted by atomic mass is 79.9. The lowest BCUT2D eigenvalue weighted by atomic mass is 10.1. The van der Waals surface area contributed by atoms with E-state index in [0.717, 1.165) is 11.8 Å². The lowest BCUT2D eigenvalue weighted by Crippen LogP contribution is -1.94. The predicted octanol–water partition coefficient (Wildman–Crippen LogP) is 5.03. The summed E-state index contributed by atoms with van der Waals surface area (Å²) in [4.78, 5) is 21.0. The maximum Gasteiger partial charge on any atom is 0.271 e. The molecule has 0 amide bonds. The molecule has 0 unspecified atom stereocenters. The lowest BCUT2D eigenvalue weighted by molar-refractivity contribution is -0.385. The largest absolute Gasteiger partial charge is 0.455 e. The Labute approximate surface area is 137 Å². The number of nitrogens with zero attached hydrogens (tertiary/aromatic N) is 1. The summed E-state index contributed by atoms with van der Waals surface area (Å²) in [5.74, 6) is 0.999. The summed E-state index contributed by atoms with van der Waals surface area (Å²) in [5, 5.41) is 10.8. The molecule has 0 aromatic heterocycles. The second-order valence-corrected chi connectivity index (χ2v) is 5.95. The van der Waals surface area contributed by atoms with Crippen LogP contribution in [0.15, 0.2) is 39.3 Å². The number of nitro groups is 1. The molecule has 2 rings (SSSR count). The van der Waals surface area contributed by atoms with Gasteiger partial charge in [0.25, 0.3) is 5.69 Å². The fraction of sp³-hybridized carbons (Fsp3) is 0.0714. The SMILES string of the molecule is Cc1cc(C=O)ccc1Oc1c(Br)cc([N+](=O)[O-])cc1Br. The molecular weight excluding hydrogens is 406 g/mol. The van der Waals surface area contributed by atoms with Crippen LogP contribution >= 0.6 is 31.9 Å². The summed E-state index contributed by atoms with van der Waals surface area (Å²) in [5.41, 5.74) is 1.30. The Morgan fingerprint density at radius 2 is 1.81 bits per heavy atom. The van der Waals surface area contributed by atoms with Crippen LogP contribution in [-0.2, 0) is 0 Å². The monoisotopic (exact) mass is 413 g/mol. The van der Waals surface area contributed by atoms with Crippen LogP contribution in [0.25, 0.3) is 0 Å². The molecule has 0 saturated heterocycles. The van der Waals surface area contributed by atoms with E-state index in [-0.39, 0.29) is 5.69 Å². The van der Waals surface area contributed by atoms with Gasteiger partial charge in [0.2, 0.25) is 0 Å². The van der Waals surface area contributed by atoms with Crippen molar-refractivity contribution in [1.82, 2.24) is 0 Å². The second kappa shape index (κ2) is 6.36. The van der Waals surface area contributed by atoms with Gasteiger partial charge in [-0.2, -0.15) is 0 Å². The number of hydrogen-bond acceptors (Lipinski definition) is 4. The Bertz CT molecular complexity index is 708. The van der Waals surface area contributed by atoms with E-state index >= 15 is 0 Å². The van der Waals surface area contributed by atoms with Gasteiger partial charge in [-0.3, -0.25) is 14.9 Å². The van der Waals surface area contributed by atoms with E-state index in [1.165, 1.54) is 12.1 Å². The van der Waals surface area contributed by atoms with Crippen LogP contribution in [-0.4, -0.2) is 11.2 Å². The number of hydrogen-bond donors (Lipinski definition) is 0. The van der Waals surface area contributed by atoms with E-state index in [4.69, 9.17) is 4.74 Å². The number of ether oxygens (including phenoxy) is 1. The Kier molecular flexibility index (Phi) is 4.74. The molecular formula is C14H9Br2NO4. The third kappa shape index (κ3) is 3.48. The molecule has 0 aliphatic heterocycles. The van der Waals surface area contributed by atoms with E-state index in [1.807, 2.05) is 6.92 Å². The predicted molar refractivity (Wildman–Crippen MR) is 85.1 cm³/mol. The first-order chi connectivity index (χ1) is 9.92. The maximum absolute atomic E-state index is 10.8. The Balaban J connectivity index is 2.40. The highest BCUT2D eigenvalue weighted by Crippen LogP contribution is 2.40. The van der Waals surface area contributed by atoms with E-state index in [9.17, 15) is 14.9 Å². The van der Waals surface area contributed by atoms with Crippen molar-refractivity contribution >= 4 is 43.8 Å². The van der Waals surface area contributed by atoms with E-state index in [1.54, 1.807) is 18.2 Å². The molecule has 0 radical (unpaired) electrons. The molecule has 0 aliphatic carbocycles. The summed E-state index contributed by atoms with van der Waals surface area (Å²) >= 11 is 6.52. The summed E-state index contributed by atoms with van der Waals surface area (Å²) in [6.45, 7) is 1.82. The zero-order valence-corrected chi connectivity index (χ0v) is 14.0. The second-order valence-electron chi connectivity index (χ2n) is 4.24. The number of carbonyl (C=O) groups is 1. The van der Waals surface area contributed by atoms with Gasteiger partial charge in [0.1, 0.15) is 12.0 Å². The number of benzene rings is 2. The summed E-state index contributed by atoms with van der Waals surface area (Å²) in [7, 11) is 0. The third-order valence-corrected chi connectivity index (χ3v) is 3.92. The molecule has 0 aliphatic rings. The number of halogens is 2. The molecule has 0 heterocycles. The smallest absolute Gasteiger partial charge is 0.271 e. The Morgan fingerprint density at radius 1 is 1.19 bits per heavy atom. The molecule has 0 atom stereocenters. The van der Waals surface area contributed by atoms with Crippen LogP contribution in [0.4, 0.5) is 5.69 Å². The average Bonchev–Trinajstić information content (AvgIpc) is 2.43. The van der Waals surface area contributed by atoms with Crippen molar-refractivity contribution in [3.8, 4) is 11.5 Å². The van der Waals surface area contributed by atoms with Crippen molar-refractivity contribution in [2.24, 2.45) is 0 Å². The van der Waals surface area contributed by atoms with Gasteiger partial charge in [0.15, 0.2) is 5.75 Å². The van der Waals surface area contributed by atoms with Crippen molar-refractivity contribution in [3.05, 3.63) is 60.5 Å². The van der Waals surface area contributed by atoms with Crippen LogP contribution in [0, 0.1) is 17.0 Å². The number of carbonyl (C=O) groups excluding carboxylic acids is 1. The van der Waals surface area contributed by atoms with Gasteiger partial charge in [0.05, 0.1) is 13.9 Å². The fourth-order valence-corrected chi connectivity index (χ4v) is 3.04. The summed E-state index contributed by atoms with van der Waals surface area (Å²) in [6, 6.07) is 7.77. The van der Waals surface area contributed by atoms with Crippen LogP contribution in [0.2, 0.25) is 0 Å². The molecule has 0 bridgehead atoms. The van der Waals surface area contributed by atoms with Crippen molar-refractivity contribution in [3.63, 3.8) is 0 Å². The van der Waals surface area contributed by atoms with Gasteiger partial charge in [-0.25, -0.2) is 0 Å². The molecule has 0 fully saturated rings. The van der Waals surface area contributed by atoms with Crippen LogP contribution in [0.3, 0.4) is 0 Å². The average molecular weight is 415 g/mol. The first kappa shape index (κ1) is 15.7. The first-order valence-electron chi connectivity index (χ1n) is 5.79. The van der Waals surface area contributed by atoms with E-state index < -0.39 is 4.92 Å². The first-order valence-corrected chi connectivity index (χ1v) is 7.38.